The number of aliphatic imine (C=N–C) groups is 1. The number of carbonyl (C=O) groups is 4. The van der Waals surface area contributed by atoms with Crippen LogP contribution in [0.2, 0.25) is 0 Å². The van der Waals surface area contributed by atoms with Crippen molar-refractivity contribution >= 4 is 52.4 Å². The fourth-order valence-electron chi connectivity index (χ4n) is 3.07. The zero-order valence-corrected chi connectivity index (χ0v) is 18.7. The van der Waals surface area contributed by atoms with Crippen molar-refractivity contribution in [3.05, 3.63) is 70.1 Å². The number of amides is 2. The Morgan fingerprint density at radius 1 is 1.12 bits per heavy atom. The van der Waals surface area contributed by atoms with Crippen LogP contribution in [0.15, 0.2) is 58.4 Å². The number of hydrogen-bond donors (Lipinski definition) is 5. The number of carbonyl (C=O) groups excluding carboxylic acids is 2. The first-order chi connectivity index (χ1) is 16.2. The monoisotopic (exact) mass is 482 g/mol. The highest BCUT2D eigenvalue weighted by atomic mass is 32.2. The molecule has 11 heteroatoms. The minimum absolute atomic E-state index is 0.211. The molecule has 0 aromatic heterocycles. The van der Waals surface area contributed by atoms with E-state index in [1.54, 1.807) is 24.3 Å². The van der Waals surface area contributed by atoms with Crippen LogP contribution in [0.5, 0.6) is 0 Å². The smallest absolute Gasteiger partial charge is 0.326 e. The van der Waals surface area contributed by atoms with Crippen molar-refractivity contribution in [2.75, 3.05) is 5.32 Å². The number of anilines is 1. The molecule has 1 aliphatic rings. The summed E-state index contributed by atoms with van der Waals surface area (Å²) in [4.78, 5) is 50.3. The summed E-state index contributed by atoms with van der Waals surface area (Å²) in [5.41, 5.74) is 8.24. The molecule has 2 aromatic rings. The van der Waals surface area contributed by atoms with Crippen molar-refractivity contribution in [2.45, 2.75) is 25.4 Å². The van der Waals surface area contributed by atoms with Crippen LogP contribution in [0, 0.1) is 0 Å². The highest BCUT2D eigenvalue weighted by Crippen LogP contribution is 2.26. The van der Waals surface area contributed by atoms with Crippen LogP contribution in [-0.2, 0) is 20.9 Å². The van der Waals surface area contributed by atoms with E-state index < -0.39 is 23.9 Å². The fourth-order valence-corrected chi connectivity index (χ4v) is 3.75. The van der Waals surface area contributed by atoms with Gasteiger partial charge in [0.1, 0.15) is 6.04 Å². The average Bonchev–Trinajstić information content (AvgIpc) is 3.12. The summed E-state index contributed by atoms with van der Waals surface area (Å²) in [5.74, 6) is -3.38. The van der Waals surface area contributed by atoms with Crippen LogP contribution < -0.4 is 16.4 Å². The molecule has 3 rings (SSSR count). The summed E-state index contributed by atoms with van der Waals surface area (Å²) in [6.07, 6.45) is 1.13. The molecule has 2 aromatic carbocycles. The molecule has 2 amide bonds. The van der Waals surface area contributed by atoms with Crippen LogP contribution in [0.4, 0.5) is 5.69 Å². The SMILES string of the molecule is NC1=NC(=O)/C(=C/c2ccc(NCc3cccc(C(=O)N[C@H](CCC(=O)O)C(=O)O)c3)cc2)S1. The molecule has 0 bridgehead atoms. The number of nitrogens with one attached hydrogen (secondary N) is 2. The second-order valence-electron chi connectivity index (χ2n) is 7.34. The molecular formula is C23H22N4O6S. The number of carboxylic acids is 2. The number of aliphatic carboxylic acids is 2. The van der Waals surface area contributed by atoms with Gasteiger partial charge in [-0.3, -0.25) is 14.4 Å². The quantitative estimate of drug-likeness (QED) is 0.319. The number of benzene rings is 2. The van der Waals surface area contributed by atoms with Crippen LogP contribution in [0.25, 0.3) is 6.08 Å². The number of thioether (sulfide) groups is 1. The normalized spacial score (nSPS) is 15.0. The predicted octanol–water partition coefficient (Wildman–Crippen LogP) is 2.28. The lowest BCUT2D eigenvalue weighted by molar-refractivity contribution is -0.140. The zero-order chi connectivity index (χ0) is 24.7. The largest absolute Gasteiger partial charge is 0.481 e. The molecule has 0 aliphatic carbocycles. The van der Waals surface area contributed by atoms with E-state index in [2.05, 4.69) is 15.6 Å². The Hall–Kier alpha value is -4.12. The molecular weight excluding hydrogens is 460 g/mol. The number of rotatable bonds is 10. The minimum atomic E-state index is -1.29. The highest BCUT2D eigenvalue weighted by Gasteiger charge is 2.22. The second kappa shape index (κ2) is 11.1. The van der Waals surface area contributed by atoms with Gasteiger partial charge in [0.15, 0.2) is 5.17 Å². The molecule has 1 aliphatic heterocycles. The van der Waals surface area contributed by atoms with Gasteiger partial charge in [-0.05, 0) is 59.7 Å². The van der Waals surface area contributed by atoms with Gasteiger partial charge < -0.3 is 26.6 Å². The third-order valence-corrected chi connectivity index (χ3v) is 5.59. The van der Waals surface area contributed by atoms with Gasteiger partial charge in [0.25, 0.3) is 11.8 Å². The van der Waals surface area contributed by atoms with Gasteiger partial charge >= 0.3 is 11.9 Å². The van der Waals surface area contributed by atoms with Gasteiger partial charge in [-0.1, -0.05) is 24.3 Å². The number of amidine groups is 1. The lowest BCUT2D eigenvalue weighted by Gasteiger charge is -2.14. The van der Waals surface area contributed by atoms with E-state index in [1.165, 1.54) is 0 Å². The maximum absolute atomic E-state index is 12.5. The lowest BCUT2D eigenvalue weighted by Crippen LogP contribution is -2.41. The van der Waals surface area contributed by atoms with E-state index in [9.17, 15) is 24.3 Å². The Morgan fingerprint density at radius 3 is 2.47 bits per heavy atom. The van der Waals surface area contributed by atoms with Crippen molar-refractivity contribution in [2.24, 2.45) is 10.7 Å². The topological polar surface area (TPSA) is 171 Å². The summed E-state index contributed by atoms with van der Waals surface area (Å²) in [6.45, 7) is 0.404. The van der Waals surface area contributed by atoms with E-state index in [0.717, 1.165) is 28.6 Å². The van der Waals surface area contributed by atoms with E-state index in [4.69, 9.17) is 10.8 Å². The lowest BCUT2D eigenvalue weighted by atomic mass is 10.1. The van der Waals surface area contributed by atoms with Gasteiger partial charge in [0, 0.05) is 24.2 Å². The molecule has 0 spiro atoms. The Morgan fingerprint density at radius 2 is 1.85 bits per heavy atom. The summed E-state index contributed by atoms with van der Waals surface area (Å²) in [5, 5.41) is 23.8. The van der Waals surface area contributed by atoms with Gasteiger partial charge in [-0.15, -0.1) is 0 Å². The van der Waals surface area contributed by atoms with E-state index in [1.807, 2.05) is 30.3 Å². The third kappa shape index (κ3) is 6.94. The third-order valence-electron chi connectivity index (χ3n) is 4.78. The molecule has 0 saturated carbocycles. The van der Waals surface area contributed by atoms with E-state index in [-0.39, 0.29) is 29.5 Å². The highest BCUT2D eigenvalue weighted by molar-refractivity contribution is 8.18. The molecule has 1 heterocycles. The van der Waals surface area contributed by atoms with E-state index >= 15 is 0 Å². The van der Waals surface area contributed by atoms with Crippen LogP contribution in [0.3, 0.4) is 0 Å². The summed E-state index contributed by atoms with van der Waals surface area (Å²) < 4.78 is 0. The van der Waals surface area contributed by atoms with Crippen molar-refractivity contribution in [3.63, 3.8) is 0 Å². The minimum Gasteiger partial charge on any atom is -0.481 e. The van der Waals surface area contributed by atoms with Crippen LogP contribution >= 0.6 is 11.8 Å². The summed E-state index contributed by atoms with van der Waals surface area (Å²) in [6, 6.07) is 12.7. The molecule has 0 radical (unpaired) electrons. The predicted molar refractivity (Wildman–Crippen MR) is 128 cm³/mol. The molecule has 0 fully saturated rings. The first-order valence-corrected chi connectivity index (χ1v) is 11.0. The first-order valence-electron chi connectivity index (χ1n) is 10.2. The molecule has 10 nitrogen and oxygen atoms in total. The molecule has 0 saturated heterocycles. The number of hydrogen-bond acceptors (Lipinski definition) is 7. The average molecular weight is 483 g/mol. The van der Waals surface area contributed by atoms with Crippen molar-refractivity contribution in [3.8, 4) is 0 Å². The Bertz CT molecular complexity index is 1180. The number of nitrogens with zero attached hydrogens (tertiary/aromatic N) is 1. The Kier molecular flexibility index (Phi) is 8.04. The molecule has 6 N–H and O–H groups in total. The maximum Gasteiger partial charge on any atom is 0.326 e. The molecule has 34 heavy (non-hydrogen) atoms. The fraction of sp³-hybridized carbons (Fsp3) is 0.174. The Balaban J connectivity index is 1.58. The summed E-state index contributed by atoms with van der Waals surface area (Å²) >= 11 is 1.13. The van der Waals surface area contributed by atoms with Gasteiger partial charge in [0.05, 0.1) is 4.91 Å². The number of carboxylic acid groups (broad SMARTS) is 2. The van der Waals surface area contributed by atoms with Gasteiger partial charge in [0.2, 0.25) is 0 Å². The van der Waals surface area contributed by atoms with Crippen molar-refractivity contribution in [1.82, 2.24) is 5.32 Å². The zero-order valence-electron chi connectivity index (χ0n) is 17.9. The standard InChI is InChI=1S/C23H22N4O6S/c24-23-27-21(31)18(34-23)11-13-4-6-16(7-5-13)25-12-14-2-1-3-15(10-14)20(30)26-17(22(32)33)8-9-19(28)29/h1-7,10-11,17,25H,8-9,12H2,(H,26,30)(H,28,29)(H,32,33)(H2,24,27,31)/b18-11-/t17-/m1/s1. The van der Waals surface area contributed by atoms with Gasteiger partial charge in [-0.25, -0.2) is 4.79 Å². The second-order valence-corrected chi connectivity index (χ2v) is 8.40. The number of nitrogens with two attached hydrogens (primary N) is 1. The van der Waals surface area contributed by atoms with Crippen molar-refractivity contribution < 1.29 is 29.4 Å². The van der Waals surface area contributed by atoms with E-state index in [0.29, 0.717) is 11.4 Å². The molecule has 1 atom stereocenters. The molecule has 176 valence electrons. The maximum atomic E-state index is 12.5. The van der Waals surface area contributed by atoms with Crippen LogP contribution in [-0.4, -0.2) is 45.2 Å². The molecule has 0 unspecified atom stereocenters. The van der Waals surface area contributed by atoms with Gasteiger partial charge in [-0.2, -0.15) is 4.99 Å². The first kappa shape index (κ1) is 24.5. The van der Waals surface area contributed by atoms with Crippen molar-refractivity contribution in [1.29, 1.82) is 0 Å². The summed E-state index contributed by atoms with van der Waals surface area (Å²) in [7, 11) is 0. The Labute approximate surface area is 199 Å². The van der Waals surface area contributed by atoms with Crippen LogP contribution in [0.1, 0.15) is 34.3 Å².